The minimum Gasteiger partial charge on any atom is -0.298 e. The molecule has 0 N–H and O–H groups in total. The number of allylic oxidation sites excluding steroid dienone is 1. The fourth-order valence-electron chi connectivity index (χ4n) is 2.37. The lowest BCUT2D eigenvalue weighted by Gasteiger charge is -2.07. The number of aryl methyl sites for hydroxylation is 1. The average Bonchev–Trinajstić information content (AvgIpc) is 3.21. The highest BCUT2D eigenvalue weighted by atomic mass is 35.5. The maximum absolute atomic E-state index is 13.2. The van der Waals surface area contributed by atoms with Crippen LogP contribution in [0.2, 0.25) is 5.02 Å². The zero-order valence-corrected chi connectivity index (χ0v) is 16.1. The second kappa shape index (κ2) is 8.17. The molecule has 0 unspecified atom stereocenters. The van der Waals surface area contributed by atoms with Crippen LogP contribution in [0.15, 0.2) is 47.5 Å². The van der Waals surface area contributed by atoms with E-state index in [0.717, 1.165) is 28.5 Å². The van der Waals surface area contributed by atoms with Gasteiger partial charge in [0.1, 0.15) is 5.82 Å². The minimum atomic E-state index is -0.333. The van der Waals surface area contributed by atoms with E-state index in [-0.39, 0.29) is 5.82 Å². The molecule has 3 rings (SSSR count). The van der Waals surface area contributed by atoms with Crippen LogP contribution in [-0.2, 0) is 18.7 Å². The molecule has 0 atom stereocenters. The third kappa shape index (κ3) is 4.14. The van der Waals surface area contributed by atoms with Crippen LogP contribution >= 0.6 is 34.7 Å². The lowest BCUT2D eigenvalue weighted by atomic mass is 10.2. The number of halogens is 2. The molecule has 0 spiro atoms. The Kier molecular flexibility index (Phi) is 5.93. The highest BCUT2D eigenvalue weighted by Crippen LogP contribution is 2.31. The maximum atomic E-state index is 13.2. The fourth-order valence-corrected chi connectivity index (χ4v) is 4.45. The summed E-state index contributed by atoms with van der Waals surface area (Å²) in [6, 6.07) is 6.60. The minimum absolute atomic E-state index is 0.333. The second-order valence-corrected chi connectivity index (χ2v) is 7.73. The van der Waals surface area contributed by atoms with E-state index in [9.17, 15) is 4.39 Å². The lowest BCUT2D eigenvalue weighted by molar-refractivity contribution is 0.627. The molecule has 1 aromatic carbocycles. The molecule has 2 aromatic heterocycles. The van der Waals surface area contributed by atoms with Crippen molar-refractivity contribution < 1.29 is 4.39 Å². The van der Waals surface area contributed by atoms with E-state index in [0.29, 0.717) is 17.3 Å². The largest absolute Gasteiger partial charge is 0.298 e. The van der Waals surface area contributed by atoms with Crippen molar-refractivity contribution in [1.29, 1.82) is 0 Å². The van der Waals surface area contributed by atoms with E-state index in [4.69, 9.17) is 11.6 Å². The van der Waals surface area contributed by atoms with Crippen LogP contribution in [0.3, 0.4) is 0 Å². The van der Waals surface area contributed by atoms with Crippen LogP contribution in [-0.4, -0.2) is 14.8 Å². The van der Waals surface area contributed by atoms with Crippen molar-refractivity contribution >= 4 is 34.7 Å². The molecule has 0 fully saturated rings. The topological polar surface area (TPSA) is 30.7 Å². The maximum Gasteiger partial charge on any atom is 0.192 e. The molecule has 0 radical (unpaired) electrons. The Bertz CT molecular complexity index is 888. The summed E-state index contributed by atoms with van der Waals surface area (Å²) in [5.41, 5.74) is 1.94. The molecule has 0 amide bonds. The zero-order chi connectivity index (χ0) is 17.8. The molecule has 3 nitrogen and oxygen atoms in total. The molecule has 0 bridgehead atoms. The third-order valence-electron chi connectivity index (χ3n) is 3.66. The third-order valence-corrected chi connectivity index (χ3v) is 6.11. The lowest BCUT2D eigenvalue weighted by Crippen LogP contribution is -2.00. The molecule has 0 saturated heterocycles. The van der Waals surface area contributed by atoms with Gasteiger partial charge in [-0.1, -0.05) is 42.4 Å². The van der Waals surface area contributed by atoms with Crippen molar-refractivity contribution in [2.75, 3.05) is 0 Å². The molecule has 2 heterocycles. The Morgan fingerprint density at radius 2 is 2.20 bits per heavy atom. The van der Waals surface area contributed by atoms with Gasteiger partial charge in [-0.2, -0.15) is 0 Å². The summed E-state index contributed by atoms with van der Waals surface area (Å²) in [7, 11) is 0. The van der Waals surface area contributed by atoms with Gasteiger partial charge in [-0.15, -0.1) is 28.1 Å². The van der Waals surface area contributed by atoms with Crippen molar-refractivity contribution in [1.82, 2.24) is 14.8 Å². The van der Waals surface area contributed by atoms with Gasteiger partial charge in [0.2, 0.25) is 0 Å². The Morgan fingerprint density at radius 3 is 2.88 bits per heavy atom. The van der Waals surface area contributed by atoms with Crippen LogP contribution < -0.4 is 0 Å². The SMILES string of the molecule is C=CCn1c(SCc2ccc(F)cc2Cl)nnc1-c1csc(CC)c1. The van der Waals surface area contributed by atoms with Crippen molar-refractivity contribution in [2.24, 2.45) is 0 Å². The van der Waals surface area contributed by atoms with E-state index >= 15 is 0 Å². The van der Waals surface area contributed by atoms with Gasteiger partial charge in [0, 0.05) is 33.1 Å². The van der Waals surface area contributed by atoms with Gasteiger partial charge in [-0.05, 0) is 30.2 Å². The predicted octanol–water partition coefficient (Wildman–Crippen LogP) is 5.84. The van der Waals surface area contributed by atoms with Gasteiger partial charge in [0.05, 0.1) is 0 Å². The van der Waals surface area contributed by atoms with E-state index in [1.807, 2.05) is 10.6 Å². The van der Waals surface area contributed by atoms with E-state index in [1.54, 1.807) is 17.4 Å². The number of hydrogen-bond donors (Lipinski definition) is 0. The first-order valence-electron chi connectivity index (χ1n) is 7.81. The molecule has 0 saturated carbocycles. The number of rotatable bonds is 7. The van der Waals surface area contributed by atoms with Crippen LogP contribution in [0.1, 0.15) is 17.4 Å². The number of aromatic nitrogens is 3. The summed E-state index contributed by atoms with van der Waals surface area (Å²) in [5, 5.41) is 12.0. The van der Waals surface area contributed by atoms with Crippen molar-refractivity contribution in [3.05, 3.63) is 63.6 Å². The number of hydrogen-bond acceptors (Lipinski definition) is 4. The molecular formula is C18H17ClFN3S2. The first-order valence-corrected chi connectivity index (χ1v) is 10.0. The van der Waals surface area contributed by atoms with Crippen LogP contribution in [0.5, 0.6) is 0 Å². The van der Waals surface area contributed by atoms with E-state index in [2.05, 4.69) is 35.1 Å². The normalized spacial score (nSPS) is 11.0. The van der Waals surface area contributed by atoms with Gasteiger partial charge in [-0.3, -0.25) is 4.57 Å². The van der Waals surface area contributed by atoms with Crippen LogP contribution in [0.25, 0.3) is 11.4 Å². The van der Waals surface area contributed by atoms with Gasteiger partial charge in [-0.25, -0.2) is 4.39 Å². The predicted molar refractivity (Wildman–Crippen MR) is 104 cm³/mol. The molecule has 0 aliphatic carbocycles. The smallest absolute Gasteiger partial charge is 0.192 e. The summed E-state index contributed by atoms with van der Waals surface area (Å²) < 4.78 is 15.2. The van der Waals surface area contributed by atoms with E-state index < -0.39 is 0 Å². The number of benzene rings is 1. The summed E-state index contributed by atoms with van der Waals surface area (Å²) in [6.45, 7) is 6.59. The number of thioether (sulfide) groups is 1. The van der Waals surface area contributed by atoms with Crippen LogP contribution in [0, 0.1) is 5.82 Å². The highest BCUT2D eigenvalue weighted by Gasteiger charge is 2.15. The molecule has 130 valence electrons. The molecule has 0 aliphatic rings. The van der Waals surface area contributed by atoms with Crippen molar-refractivity contribution in [3.63, 3.8) is 0 Å². The molecular weight excluding hydrogens is 377 g/mol. The zero-order valence-electron chi connectivity index (χ0n) is 13.7. The average molecular weight is 394 g/mol. The molecule has 3 aromatic rings. The summed E-state index contributed by atoms with van der Waals surface area (Å²) >= 11 is 9.36. The van der Waals surface area contributed by atoms with Gasteiger partial charge in [0.25, 0.3) is 0 Å². The molecule has 25 heavy (non-hydrogen) atoms. The number of thiophene rings is 1. The summed E-state index contributed by atoms with van der Waals surface area (Å²) in [5.74, 6) is 1.10. The van der Waals surface area contributed by atoms with Gasteiger partial charge < -0.3 is 0 Å². The Hall–Kier alpha value is -1.63. The Labute approximate surface area is 159 Å². The molecule has 0 aliphatic heterocycles. The monoisotopic (exact) mass is 393 g/mol. The standard InChI is InChI=1S/C18H17ClFN3S2/c1-3-7-23-17(13-8-15(4-2)24-11-13)21-22-18(23)25-10-12-5-6-14(20)9-16(12)19/h3,5-6,8-9,11H,1,4,7,10H2,2H3. The van der Waals surface area contributed by atoms with Crippen LogP contribution in [0.4, 0.5) is 4.39 Å². The Morgan fingerprint density at radius 1 is 1.36 bits per heavy atom. The van der Waals surface area contributed by atoms with Crippen molar-refractivity contribution in [3.8, 4) is 11.4 Å². The quantitative estimate of drug-likeness (QED) is 0.373. The molecule has 7 heteroatoms. The van der Waals surface area contributed by atoms with Gasteiger partial charge in [0.15, 0.2) is 11.0 Å². The Balaban J connectivity index is 1.85. The van der Waals surface area contributed by atoms with Crippen molar-refractivity contribution in [2.45, 2.75) is 30.8 Å². The number of nitrogens with zero attached hydrogens (tertiary/aromatic N) is 3. The first-order chi connectivity index (χ1) is 12.1. The summed E-state index contributed by atoms with van der Waals surface area (Å²) in [4.78, 5) is 1.32. The fraction of sp³-hybridized carbons (Fsp3) is 0.222. The first kappa shape index (κ1) is 18.2. The summed E-state index contributed by atoms with van der Waals surface area (Å²) in [6.07, 6.45) is 2.83. The van der Waals surface area contributed by atoms with E-state index in [1.165, 1.54) is 28.8 Å². The highest BCUT2D eigenvalue weighted by molar-refractivity contribution is 7.98. The second-order valence-electron chi connectivity index (χ2n) is 5.39. The van der Waals surface area contributed by atoms with Gasteiger partial charge >= 0.3 is 0 Å².